The highest BCUT2D eigenvalue weighted by atomic mass is 32.2. The number of fused-ring (bicyclic) bond motifs is 5. The van der Waals surface area contributed by atoms with Crippen molar-refractivity contribution in [3.8, 4) is 0 Å². The van der Waals surface area contributed by atoms with Gasteiger partial charge >= 0.3 is 0 Å². The Morgan fingerprint density at radius 3 is 2.54 bits per heavy atom. The largest absolute Gasteiger partial charge is 0.343 e. The van der Waals surface area contributed by atoms with Crippen LogP contribution in [0.3, 0.4) is 0 Å². The molecule has 3 heterocycles. The van der Waals surface area contributed by atoms with Gasteiger partial charge in [0.1, 0.15) is 12.0 Å². The Labute approximate surface area is 393 Å². The van der Waals surface area contributed by atoms with Crippen molar-refractivity contribution in [2.24, 2.45) is 34.6 Å². The van der Waals surface area contributed by atoms with E-state index in [-0.39, 0.29) is 12.3 Å². The molecule has 1 fully saturated rings. The highest BCUT2D eigenvalue weighted by molar-refractivity contribution is 8.04. The third-order valence-electron chi connectivity index (χ3n) is 17.0. The lowest BCUT2D eigenvalue weighted by Gasteiger charge is -2.50. The topological polar surface area (TPSA) is 22.1 Å². The molecule has 0 amide bonds. The highest BCUT2D eigenvalue weighted by Gasteiger charge is 2.50. The highest BCUT2D eigenvalue weighted by Crippen LogP contribution is 2.61. The summed E-state index contributed by atoms with van der Waals surface area (Å²) in [5.41, 5.74) is 16.2. The second-order valence-corrected chi connectivity index (χ2v) is 22.2. The molecule has 2 aromatic carbocycles. The van der Waals surface area contributed by atoms with E-state index in [0.29, 0.717) is 40.9 Å². The molecule has 7 aliphatic carbocycles. The Kier molecular flexibility index (Phi) is 11.3. The van der Waals surface area contributed by atoms with E-state index in [0.717, 1.165) is 25.7 Å². The van der Waals surface area contributed by atoms with E-state index in [4.69, 9.17) is 4.99 Å². The van der Waals surface area contributed by atoms with Gasteiger partial charge in [0.25, 0.3) is 0 Å². The number of para-hydroxylation sites is 1. The molecular weight excluding hydrogens is 809 g/mol. The maximum Gasteiger partial charge on any atom is 0.134 e. The van der Waals surface area contributed by atoms with Crippen molar-refractivity contribution in [2.45, 2.75) is 127 Å². The molecule has 0 spiro atoms. The van der Waals surface area contributed by atoms with Crippen molar-refractivity contribution in [1.82, 2.24) is 9.80 Å². The van der Waals surface area contributed by atoms with Crippen molar-refractivity contribution < 1.29 is 0 Å². The first-order valence-electron chi connectivity index (χ1n) is 25.6. The zero-order valence-electron chi connectivity index (χ0n) is 39.0. The molecule has 0 N–H and O–H groups in total. The van der Waals surface area contributed by atoms with Crippen LogP contribution in [-0.4, -0.2) is 53.4 Å². The number of hydrogen-bond acceptors (Lipinski definition) is 5. The minimum atomic E-state index is 0.116. The molecule has 5 heteroatoms. The van der Waals surface area contributed by atoms with Crippen LogP contribution in [0.15, 0.2) is 159 Å². The van der Waals surface area contributed by atoms with Crippen LogP contribution in [0.5, 0.6) is 0 Å². The van der Waals surface area contributed by atoms with E-state index < -0.39 is 0 Å². The van der Waals surface area contributed by atoms with Crippen molar-refractivity contribution in [2.75, 3.05) is 19.0 Å². The second-order valence-electron chi connectivity index (χ2n) is 20.9. The first kappa shape index (κ1) is 41.8. The quantitative estimate of drug-likeness (QED) is 0.258. The average molecular weight is 877 g/mol. The molecule has 0 bridgehead atoms. The number of hydrogen-bond donors (Lipinski definition) is 0. The molecule has 1 saturated heterocycles. The van der Waals surface area contributed by atoms with E-state index in [9.17, 15) is 0 Å². The standard InChI is InChI=1S/C60H68N4S/c1-39-31-34-53-49(35-39)50-38-56-52(37-54(50)64(53)44-25-14-7-15-26-44)57-48(29-18-30-55(57)65-56)47-33-32-43(46-28-17-16-27-45(46)40-19-8-4-9-20-40)36-51(47)59-61-58(41-21-10-5-11-22-41)62(2)60(63(59)3)42-23-12-6-13-24-42/h6-7,10,12,14-16,18-19,21,25-27,29-30,32-33,35-36,38-39,41-42,52-53,55,57-58,60H,4-5,8-9,11,13,17,20,22-24,28,31,34,37H2,1-3H3. The number of benzene rings is 2. The first-order valence-corrected chi connectivity index (χ1v) is 26.5. The number of rotatable bonds is 7. The fourth-order valence-electron chi connectivity index (χ4n) is 13.9. The van der Waals surface area contributed by atoms with E-state index in [1.54, 1.807) is 21.7 Å². The van der Waals surface area contributed by atoms with Gasteiger partial charge in [0.05, 0.1) is 12.2 Å². The molecule has 10 aliphatic rings. The molecule has 9 atom stereocenters. The molecule has 12 rings (SSSR count). The second kappa shape index (κ2) is 17.6. The number of anilines is 1. The van der Waals surface area contributed by atoms with E-state index >= 15 is 0 Å². The maximum atomic E-state index is 6.01. The number of aliphatic imine (C=N–C) groups is 1. The van der Waals surface area contributed by atoms with Crippen LogP contribution in [0.1, 0.15) is 120 Å². The number of nitrogens with zero attached hydrogens (tertiary/aromatic N) is 4. The molecule has 9 unspecified atom stereocenters. The minimum Gasteiger partial charge on any atom is -0.343 e. The Balaban J connectivity index is 0.999. The van der Waals surface area contributed by atoms with E-state index in [1.165, 1.54) is 121 Å². The molecule has 0 saturated carbocycles. The third-order valence-corrected chi connectivity index (χ3v) is 18.4. The molecule has 4 nitrogen and oxygen atoms in total. The summed E-state index contributed by atoms with van der Waals surface area (Å²) >= 11 is 2.16. The monoisotopic (exact) mass is 877 g/mol. The Hall–Kier alpha value is -4.58. The summed E-state index contributed by atoms with van der Waals surface area (Å²) in [6, 6.07) is 19.5. The van der Waals surface area contributed by atoms with Crippen LogP contribution in [-0.2, 0) is 0 Å². The van der Waals surface area contributed by atoms with Crippen LogP contribution in [0.2, 0.25) is 0 Å². The zero-order chi connectivity index (χ0) is 43.6. The van der Waals surface area contributed by atoms with E-state index in [1.807, 2.05) is 0 Å². The van der Waals surface area contributed by atoms with Crippen molar-refractivity contribution in [1.29, 1.82) is 0 Å². The summed E-state index contributed by atoms with van der Waals surface area (Å²) < 4.78 is 0. The summed E-state index contributed by atoms with van der Waals surface area (Å²) in [6.45, 7) is 2.42. The molecule has 65 heavy (non-hydrogen) atoms. The van der Waals surface area contributed by atoms with Crippen LogP contribution < -0.4 is 4.90 Å². The maximum absolute atomic E-state index is 6.01. The molecular formula is C60H68N4S. The van der Waals surface area contributed by atoms with Gasteiger partial charge in [-0.25, -0.2) is 4.99 Å². The predicted molar refractivity (Wildman–Crippen MR) is 275 cm³/mol. The number of allylic oxidation sites excluding steroid dienone is 16. The third kappa shape index (κ3) is 7.43. The van der Waals surface area contributed by atoms with Crippen molar-refractivity contribution >= 4 is 34.4 Å². The normalized spacial score (nSPS) is 33.2. The van der Waals surface area contributed by atoms with Gasteiger partial charge in [0.15, 0.2) is 0 Å². The summed E-state index contributed by atoms with van der Waals surface area (Å²) in [5, 5.41) is 0.411. The van der Waals surface area contributed by atoms with Gasteiger partial charge in [-0.05, 0) is 189 Å². The van der Waals surface area contributed by atoms with Gasteiger partial charge in [-0.3, -0.25) is 4.90 Å². The summed E-state index contributed by atoms with van der Waals surface area (Å²) in [5.74, 6) is 3.63. The lowest BCUT2D eigenvalue weighted by Crippen LogP contribution is -2.60. The lowest BCUT2D eigenvalue weighted by molar-refractivity contribution is 0.0108. The van der Waals surface area contributed by atoms with Gasteiger partial charge in [-0.1, -0.05) is 104 Å². The van der Waals surface area contributed by atoms with E-state index in [2.05, 4.69) is 169 Å². The molecule has 0 radical (unpaired) electrons. The Bertz CT molecular complexity index is 2570. The Morgan fingerprint density at radius 2 is 1.71 bits per heavy atom. The fourth-order valence-corrected chi connectivity index (χ4v) is 15.5. The fraction of sp³-hybridized carbons (Fsp3) is 0.450. The van der Waals surface area contributed by atoms with Crippen molar-refractivity contribution in [3.63, 3.8) is 0 Å². The van der Waals surface area contributed by atoms with Gasteiger partial charge in [0.2, 0.25) is 0 Å². The van der Waals surface area contributed by atoms with Crippen LogP contribution in [0, 0.1) is 29.6 Å². The SMILES string of the molecule is CC1C=C2C3=C(CC4C(=C3)SC3C=CC=C(c5ccc(C6=C(C7=CCCCC7)C=CCC6)cc5C5=NC(C6C=CCCC6)N(C)C(C6CC=CCC6)N5C)C34)N(c3ccccc3)C2CC1. The zero-order valence-corrected chi connectivity index (χ0v) is 39.9. The molecule has 334 valence electrons. The van der Waals surface area contributed by atoms with Gasteiger partial charge in [-0.2, -0.15) is 0 Å². The van der Waals surface area contributed by atoms with Crippen molar-refractivity contribution in [3.05, 3.63) is 171 Å². The van der Waals surface area contributed by atoms with Crippen LogP contribution in [0.4, 0.5) is 5.69 Å². The van der Waals surface area contributed by atoms with Crippen LogP contribution in [0.25, 0.3) is 11.1 Å². The Morgan fingerprint density at radius 1 is 0.785 bits per heavy atom. The van der Waals surface area contributed by atoms with Gasteiger partial charge < -0.3 is 9.80 Å². The van der Waals surface area contributed by atoms with Crippen LogP contribution >= 0.6 is 11.8 Å². The van der Waals surface area contributed by atoms with Gasteiger partial charge in [0, 0.05) is 47.0 Å². The number of thioether (sulfide) groups is 1. The lowest BCUT2D eigenvalue weighted by atomic mass is 9.72. The average Bonchev–Trinajstić information content (AvgIpc) is 3.88. The smallest absolute Gasteiger partial charge is 0.134 e. The first-order chi connectivity index (χ1) is 32.0. The summed E-state index contributed by atoms with van der Waals surface area (Å²) in [4.78, 5) is 15.7. The summed E-state index contributed by atoms with van der Waals surface area (Å²) in [7, 11) is 4.77. The molecule has 2 aromatic rings. The molecule has 3 aliphatic heterocycles. The number of amidine groups is 1. The molecule has 0 aromatic heterocycles. The predicted octanol–water partition coefficient (Wildman–Crippen LogP) is 14.4. The minimum absolute atomic E-state index is 0.116. The van der Waals surface area contributed by atoms with Gasteiger partial charge in [-0.15, -0.1) is 11.8 Å². The summed E-state index contributed by atoms with van der Waals surface area (Å²) in [6.07, 6.45) is 48.3.